The number of H-pyrrole nitrogens is 1. The molecule has 1 aromatic heterocycles. The van der Waals surface area contributed by atoms with Gasteiger partial charge < -0.3 is 24.2 Å². The third kappa shape index (κ3) is 5.74. The van der Waals surface area contributed by atoms with E-state index in [1.54, 1.807) is 25.3 Å². The van der Waals surface area contributed by atoms with Gasteiger partial charge >= 0.3 is 0 Å². The number of methoxy groups -OCH3 is 1. The number of amides is 1. The number of carbonyl (C=O) groups excluding carboxylic acids is 1. The fourth-order valence-corrected chi connectivity index (χ4v) is 4.82. The van der Waals surface area contributed by atoms with Crippen LogP contribution in [0.15, 0.2) is 42.5 Å². The maximum Gasteiger partial charge on any atom is 0.273 e. The van der Waals surface area contributed by atoms with Crippen molar-refractivity contribution in [3.8, 4) is 28.5 Å². The molecule has 198 valence electrons. The van der Waals surface area contributed by atoms with Gasteiger partial charge in [-0.15, -0.1) is 0 Å². The SMILES string of the molecule is CCCCCCOc1ccc(C2c3c(-c4ccccc4O)n[nH]c3C(=O)N2CCCOCC)cc1OC. The van der Waals surface area contributed by atoms with Crippen LogP contribution in [0.5, 0.6) is 17.2 Å². The van der Waals surface area contributed by atoms with Gasteiger partial charge in [0, 0.05) is 30.9 Å². The van der Waals surface area contributed by atoms with E-state index in [9.17, 15) is 9.90 Å². The molecular weight excluding hydrogens is 470 g/mol. The highest BCUT2D eigenvalue weighted by Crippen LogP contribution is 2.45. The molecule has 1 aliphatic rings. The Morgan fingerprint density at radius 1 is 1.03 bits per heavy atom. The van der Waals surface area contributed by atoms with E-state index < -0.39 is 6.04 Å². The maximum absolute atomic E-state index is 13.5. The molecule has 1 aliphatic heterocycles. The molecule has 2 aromatic carbocycles. The second-order valence-electron chi connectivity index (χ2n) is 9.15. The summed E-state index contributed by atoms with van der Waals surface area (Å²) in [5, 5.41) is 17.9. The molecule has 8 nitrogen and oxygen atoms in total. The van der Waals surface area contributed by atoms with E-state index >= 15 is 0 Å². The number of aromatic amines is 1. The topological polar surface area (TPSA) is 96.9 Å². The van der Waals surface area contributed by atoms with Gasteiger partial charge in [-0.1, -0.05) is 44.4 Å². The Labute approximate surface area is 218 Å². The molecule has 0 spiro atoms. The Hall–Kier alpha value is -3.52. The molecule has 0 saturated carbocycles. The van der Waals surface area contributed by atoms with Crippen LogP contribution in [0.1, 0.15) is 73.6 Å². The van der Waals surface area contributed by atoms with Crippen LogP contribution in [-0.4, -0.2) is 59.6 Å². The van der Waals surface area contributed by atoms with Gasteiger partial charge in [-0.3, -0.25) is 9.89 Å². The standard InChI is InChI=1S/C29H37N3O5/c1-4-6-7-10-18-37-23-15-14-20(19-24(23)35-3)28-25-26(21-12-8-9-13-22(21)33)30-31-27(25)29(34)32(28)16-11-17-36-5-2/h8-9,12-15,19,28,33H,4-7,10-11,16-18H2,1-3H3,(H,30,31). The van der Waals surface area contributed by atoms with E-state index in [0.717, 1.165) is 24.0 Å². The Bertz CT molecular complexity index is 1190. The van der Waals surface area contributed by atoms with Crippen molar-refractivity contribution in [2.75, 3.05) is 33.5 Å². The van der Waals surface area contributed by atoms with Crippen molar-refractivity contribution < 1.29 is 24.1 Å². The average molecular weight is 508 g/mol. The van der Waals surface area contributed by atoms with Crippen molar-refractivity contribution in [1.29, 1.82) is 0 Å². The first-order chi connectivity index (χ1) is 18.1. The Kier molecular flexibility index (Phi) is 9.06. The van der Waals surface area contributed by atoms with Crippen LogP contribution in [0, 0.1) is 0 Å². The molecule has 0 fully saturated rings. The summed E-state index contributed by atoms with van der Waals surface area (Å²) in [5.41, 5.74) is 3.21. The number of phenols is 1. The highest BCUT2D eigenvalue weighted by molar-refractivity contribution is 6.00. The molecule has 0 aliphatic carbocycles. The number of ether oxygens (including phenoxy) is 3. The van der Waals surface area contributed by atoms with Crippen molar-refractivity contribution in [3.05, 3.63) is 59.3 Å². The zero-order chi connectivity index (χ0) is 26.2. The summed E-state index contributed by atoms with van der Waals surface area (Å²) in [4.78, 5) is 15.4. The summed E-state index contributed by atoms with van der Waals surface area (Å²) in [6.07, 6.45) is 5.20. The zero-order valence-corrected chi connectivity index (χ0v) is 22.0. The van der Waals surface area contributed by atoms with Crippen LogP contribution in [-0.2, 0) is 4.74 Å². The summed E-state index contributed by atoms with van der Waals surface area (Å²) >= 11 is 0. The van der Waals surface area contributed by atoms with Gasteiger partial charge in [0.2, 0.25) is 0 Å². The van der Waals surface area contributed by atoms with E-state index in [2.05, 4.69) is 17.1 Å². The fraction of sp³-hybridized carbons (Fsp3) is 0.448. The molecule has 0 saturated heterocycles. The first-order valence-corrected chi connectivity index (χ1v) is 13.2. The van der Waals surface area contributed by atoms with Gasteiger partial charge in [-0.25, -0.2) is 0 Å². The number of para-hydroxylation sites is 1. The van der Waals surface area contributed by atoms with Crippen molar-refractivity contribution in [2.45, 2.75) is 52.0 Å². The van der Waals surface area contributed by atoms with Gasteiger partial charge in [0.15, 0.2) is 11.5 Å². The fourth-order valence-electron chi connectivity index (χ4n) is 4.82. The van der Waals surface area contributed by atoms with E-state index in [4.69, 9.17) is 14.2 Å². The van der Waals surface area contributed by atoms with Gasteiger partial charge in [0.05, 0.1) is 19.8 Å². The first-order valence-electron chi connectivity index (χ1n) is 13.2. The largest absolute Gasteiger partial charge is 0.507 e. The average Bonchev–Trinajstić information content (AvgIpc) is 3.45. The number of phenolic OH excluding ortho intramolecular Hbond substituents is 1. The number of aromatic hydroxyl groups is 1. The number of rotatable bonds is 14. The summed E-state index contributed by atoms with van der Waals surface area (Å²) < 4.78 is 17.2. The minimum absolute atomic E-state index is 0.113. The zero-order valence-electron chi connectivity index (χ0n) is 22.0. The normalized spacial score (nSPS) is 14.7. The second kappa shape index (κ2) is 12.6. The molecule has 0 radical (unpaired) electrons. The second-order valence-corrected chi connectivity index (χ2v) is 9.15. The number of carbonyl (C=O) groups is 1. The van der Waals surface area contributed by atoms with Crippen LogP contribution in [0.2, 0.25) is 0 Å². The van der Waals surface area contributed by atoms with Gasteiger partial charge in [-0.2, -0.15) is 5.10 Å². The van der Waals surface area contributed by atoms with E-state index in [1.807, 2.05) is 36.1 Å². The number of hydrogen-bond acceptors (Lipinski definition) is 6. The monoisotopic (exact) mass is 507 g/mol. The molecular formula is C29H37N3O5. The van der Waals surface area contributed by atoms with Gasteiger partial charge in [0.1, 0.15) is 17.1 Å². The highest BCUT2D eigenvalue weighted by Gasteiger charge is 2.42. The predicted molar refractivity (Wildman–Crippen MR) is 142 cm³/mol. The number of nitrogens with zero attached hydrogens (tertiary/aromatic N) is 2. The minimum atomic E-state index is -0.398. The van der Waals surface area contributed by atoms with E-state index in [0.29, 0.717) is 61.2 Å². The lowest BCUT2D eigenvalue weighted by Crippen LogP contribution is -2.31. The number of unbranched alkanes of at least 4 members (excludes halogenated alkanes) is 3. The molecule has 1 amide bonds. The smallest absolute Gasteiger partial charge is 0.273 e. The lowest BCUT2D eigenvalue weighted by molar-refractivity contribution is 0.0710. The van der Waals surface area contributed by atoms with Crippen molar-refractivity contribution in [1.82, 2.24) is 15.1 Å². The summed E-state index contributed by atoms with van der Waals surface area (Å²) in [6.45, 7) is 6.49. The number of benzene rings is 2. The van der Waals surface area contributed by atoms with Crippen molar-refractivity contribution in [3.63, 3.8) is 0 Å². The number of aromatic nitrogens is 2. The van der Waals surface area contributed by atoms with E-state index in [1.165, 1.54) is 12.8 Å². The maximum atomic E-state index is 13.5. The highest BCUT2D eigenvalue weighted by atomic mass is 16.5. The van der Waals surface area contributed by atoms with Gasteiger partial charge in [-0.05, 0) is 49.6 Å². The molecule has 1 unspecified atom stereocenters. The Morgan fingerprint density at radius 2 is 1.86 bits per heavy atom. The molecule has 8 heteroatoms. The van der Waals surface area contributed by atoms with E-state index in [-0.39, 0.29) is 11.7 Å². The van der Waals surface area contributed by atoms with Crippen LogP contribution in [0.3, 0.4) is 0 Å². The molecule has 3 aromatic rings. The number of hydrogen-bond donors (Lipinski definition) is 2. The van der Waals surface area contributed by atoms with Crippen LogP contribution in [0.4, 0.5) is 0 Å². The van der Waals surface area contributed by atoms with Gasteiger partial charge in [0.25, 0.3) is 5.91 Å². The molecule has 37 heavy (non-hydrogen) atoms. The third-order valence-electron chi connectivity index (χ3n) is 6.67. The minimum Gasteiger partial charge on any atom is -0.507 e. The quantitative estimate of drug-likeness (QED) is 0.271. The molecule has 1 atom stereocenters. The van der Waals surface area contributed by atoms with Crippen molar-refractivity contribution in [2.24, 2.45) is 0 Å². The first kappa shape index (κ1) is 26.5. The summed E-state index contributed by atoms with van der Waals surface area (Å²) in [5.74, 6) is 1.29. The summed E-state index contributed by atoms with van der Waals surface area (Å²) in [6, 6.07) is 12.5. The lowest BCUT2D eigenvalue weighted by atomic mass is 9.95. The van der Waals surface area contributed by atoms with Crippen LogP contribution < -0.4 is 9.47 Å². The summed E-state index contributed by atoms with van der Waals surface area (Å²) in [7, 11) is 1.62. The molecule has 4 rings (SSSR count). The van der Waals surface area contributed by atoms with Crippen molar-refractivity contribution >= 4 is 5.91 Å². The molecule has 2 N–H and O–H groups in total. The number of nitrogens with one attached hydrogen (secondary N) is 1. The third-order valence-corrected chi connectivity index (χ3v) is 6.67. The van der Waals surface area contributed by atoms with Crippen LogP contribution in [0.25, 0.3) is 11.3 Å². The molecule has 0 bridgehead atoms. The Balaban J connectivity index is 1.69. The number of fused-ring (bicyclic) bond motifs is 1. The lowest BCUT2D eigenvalue weighted by Gasteiger charge is -2.27. The molecule has 2 heterocycles. The Morgan fingerprint density at radius 3 is 2.62 bits per heavy atom. The predicted octanol–water partition coefficient (Wildman–Crippen LogP) is 5.72. The van der Waals surface area contributed by atoms with Crippen LogP contribution >= 0.6 is 0 Å².